The maximum atomic E-state index is 12.7. The Bertz CT molecular complexity index is 669. The van der Waals surface area contributed by atoms with E-state index in [9.17, 15) is 13.2 Å². The van der Waals surface area contributed by atoms with Crippen LogP contribution in [0.4, 0.5) is 5.69 Å². The van der Waals surface area contributed by atoms with E-state index in [1.807, 2.05) is 13.8 Å². The number of aryl methyl sites for hydroxylation is 1. The van der Waals surface area contributed by atoms with Crippen LogP contribution in [-0.4, -0.2) is 56.3 Å². The lowest BCUT2D eigenvalue weighted by molar-refractivity contribution is 0.0696. The molecule has 0 spiro atoms. The number of nitrogens with zero attached hydrogens (tertiary/aromatic N) is 2. The molecule has 2 rings (SSSR count). The molecular weight excluding hydrogens is 316 g/mol. The van der Waals surface area contributed by atoms with Crippen LogP contribution in [0.15, 0.2) is 18.2 Å². The van der Waals surface area contributed by atoms with E-state index in [1.165, 1.54) is 10.4 Å². The molecule has 7 heteroatoms. The highest BCUT2D eigenvalue weighted by atomic mass is 32.2. The van der Waals surface area contributed by atoms with Gasteiger partial charge in [-0.05, 0) is 49.7 Å². The Balaban J connectivity index is 2.23. The summed E-state index contributed by atoms with van der Waals surface area (Å²) >= 11 is 0. The largest absolute Gasteiger partial charge is 0.478 e. The molecule has 0 bridgehead atoms. The van der Waals surface area contributed by atoms with Crippen LogP contribution in [0.1, 0.15) is 36.2 Å². The maximum Gasteiger partial charge on any atom is 0.335 e. The van der Waals surface area contributed by atoms with Crippen molar-refractivity contribution in [3.05, 3.63) is 29.3 Å². The lowest BCUT2D eigenvalue weighted by atomic mass is 10.0. The first-order chi connectivity index (χ1) is 10.9. The van der Waals surface area contributed by atoms with Crippen LogP contribution in [0.3, 0.4) is 0 Å². The van der Waals surface area contributed by atoms with Crippen molar-refractivity contribution in [2.75, 3.05) is 36.2 Å². The molecule has 0 atom stereocenters. The van der Waals surface area contributed by atoms with Crippen molar-refractivity contribution >= 4 is 21.7 Å². The molecule has 128 valence electrons. The number of rotatable bonds is 7. The average molecular weight is 340 g/mol. The van der Waals surface area contributed by atoms with Crippen LogP contribution in [0.5, 0.6) is 0 Å². The lowest BCUT2D eigenvalue weighted by Crippen LogP contribution is -2.40. The van der Waals surface area contributed by atoms with Gasteiger partial charge in [0.1, 0.15) is 0 Å². The molecule has 0 saturated heterocycles. The Hall–Kier alpha value is -1.60. The molecule has 0 saturated carbocycles. The van der Waals surface area contributed by atoms with Crippen LogP contribution in [0.2, 0.25) is 0 Å². The summed E-state index contributed by atoms with van der Waals surface area (Å²) in [6.07, 6.45) is 1.42. The fourth-order valence-corrected chi connectivity index (χ4v) is 4.47. The molecule has 23 heavy (non-hydrogen) atoms. The molecule has 6 nitrogen and oxygen atoms in total. The monoisotopic (exact) mass is 340 g/mol. The number of sulfonamides is 1. The molecule has 0 aromatic heterocycles. The minimum absolute atomic E-state index is 0.0782. The van der Waals surface area contributed by atoms with Crippen molar-refractivity contribution in [2.24, 2.45) is 0 Å². The molecule has 1 aromatic rings. The number of hydrogen-bond acceptors (Lipinski definition) is 4. The Morgan fingerprint density at radius 3 is 2.61 bits per heavy atom. The number of carboxylic acid groups (broad SMARTS) is 1. The van der Waals surface area contributed by atoms with Crippen LogP contribution < -0.4 is 4.31 Å². The second-order valence-electron chi connectivity index (χ2n) is 5.67. The zero-order valence-corrected chi connectivity index (χ0v) is 14.5. The lowest BCUT2D eigenvalue weighted by Gasteiger charge is -2.31. The van der Waals surface area contributed by atoms with E-state index in [0.717, 1.165) is 18.7 Å². The highest BCUT2D eigenvalue weighted by Gasteiger charge is 2.28. The van der Waals surface area contributed by atoms with Gasteiger partial charge in [0.2, 0.25) is 10.0 Å². The molecule has 0 aliphatic carbocycles. The number of carboxylic acids is 1. The number of benzene rings is 1. The van der Waals surface area contributed by atoms with Crippen LogP contribution in [0, 0.1) is 0 Å². The van der Waals surface area contributed by atoms with E-state index in [1.54, 1.807) is 12.1 Å². The van der Waals surface area contributed by atoms with Crippen molar-refractivity contribution < 1.29 is 18.3 Å². The number of carbonyl (C=O) groups is 1. The Morgan fingerprint density at radius 2 is 2.00 bits per heavy atom. The van der Waals surface area contributed by atoms with Gasteiger partial charge in [-0.1, -0.05) is 13.8 Å². The van der Waals surface area contributed by atoms with E-state index >= 15 is 0 Å². The molecule has 1 aliphatic rings. The van der Waals surface area contributed by atoms with Crippen molar-refractivity contribution in [1.82, 2.24) is 4.90 Å². The molecule has 0 unspecified atom stereocenters. The minimum Gasteiger partial charge on any atom is -0.478 e. The summed E-state index contributed by atoms with van der Waals surface area (Å²) in [4.78, 5) is 13.2. The van der Waals surface area contributed by atoms with Gasteiger partial charge >= 0.3 is 5.97 Å². The zero-order valence-electron chi connectivity index (χ0n) is 13.7. The van der Waals surface area contributed by atoms with Crippen molar-refractivity contribution in [3.8, 4) is 0 Å². The van der Waals surface area contributed by atoms with Crippen molar-refractivity contribution in [1.29, 1.82) is 0 Å². The first kappa shape index (κ1) is 17.7. The van der Waals surface area contributed by atoms with E-state index in [4.69, 9.17) is 5.11 Å². The third-order valence-electron chi connectivity index (χ3n) is 4.30. The predicted octanol–water partition coefficient (Wildman–Crippen LogP) is 1.81. The van der Waals surface area contributed by atoms with Gasteiger partial charge in [0.15, 0.2) is 0 Å². The summed E-state index contributed by atoms with van der Waals surface area (Å²) in [5.41, 5.74) is 1.62. The highest BCUT2D eigenvalue weighted by Crippen LogP contribution is 2.30. The van der Waals surface area contributed by atoms with Gasteiger partial charge in [-0.3, -0.25) is 4.31 Å². The third kappa shape index (κ3) is 4.03. The third-order valence-corrected chi connectivity index (χ3v) is 6.05. The SMILES string of the molecule is CCN(CC)CCS(=O)(=O)N1CCCc2cc(C(=O)O)ccc21. The Morgan fingerprint density at radius 1 is 1.30 bits per heavy atom. The quantitative estimate of drug-likeness (QED) is 0.819. The second kappa shape index (κ2) is 7.31. The van der Waals surface area contributed by atoms with Crippen molar-refractivity contribution in [2.45, 2.75) is 26.7 Å². The average Bonchev–Trinajstić information content (AvgIpc) is 2.54. The first-order valence-corrected chi connectivity index (χ1v) is 9.59. The summed E-state index contributed by atoms with van der Waals surface area (Å²) in [6, 6.07) is 4.68. The number of anilines is 1. The fraction of sp³-hybridized carbons (Fsp3) is 0.562. The molecule has 0 fully saturated rings. The number of aromatic carboxylic acids is 1. The van der Waals surface area contributed by atoms with Gasteiger partial charge in [-0.25, -0.2) is 13.2 Å². The molecule has 0 amide bonds. The van der Waals surface area contributed by atoms with Gasteiger partial charge in [0.25, 0.3) is 0 Å². The molecule has 1 aliphatic heterocycles. The maximum absolute atomic E-state index is 12.7. The Labute approximate surface area is 137 Å². The zero-order chi connectivity index (χ0) is 17.0. The molecule has 1 heterocycles. The van der Waals surface area contributed by atoms with E-state index in [0.29, 0.717) is 31.6 Å². The fourth-order valence-electron chi connectivity index (χ4n) is 2.88. The summed E-state index contributed by atoms with van der Waals surface area (Å²) in [6.45, 7) is 6.64. The van der Waals surface area contributed by atoms with Crippen molar-refractivity contribution in [3.63, 3.8) is 0 Å². The topological polar surface area (TPSA) is 77.9 Å². The smallest absolute Gasteiger partial charge is 0.335 e. The van der Waals surface area contributed by atoms with Crippen LogP contribution in [-0.2, 0) is 16.4 Å². The van der Waals surface area contributed by atoms with E-state index < -0.39 is 16.0 Å². The summed E-state index contributed by atoms with van der Waals surface area (Å²) in [7, 11) is -3.40. The predicted molar refractivity (Wildman–Crippen MR) is 90.6 cm³/mol. The van der Waals surface area contributed by atoms with Crippen LogP contribution >= 0.6 is 0 Å². The first-order valence-electron chi connectivity index (χ1n) is 7.98. The number of fused-ring (bicyclic) bond motifs is 1. The van der Waals surface area contributed by atoms with Gasteiger partial charge in [0, 0.05) is 13.1 Å². The standard InChI is InChI=1S/C16H24N2O4S/c1-3-17(4-2)10-11-23(21,22)18-9-5-6-13-12-14(16(19)20)7-8-15(13)18/h7-8,12H,3-6,9-11H2,1-2H3,(H,19,20). The summed E-state index contributed by atoms with van der Waals surface area (Å²) < 4.78 is 26.8. The molecule has 1 N–H and O–H groups in total. The molecular formula is C16H24N2O4S. The van der Waals surface area contributed by atoms with E-state index in [-0.39, 0.29) is 11.3 Å². The van der Waals surface area contributed by atoms with Gasteiger partial charge in [-0.2, -0.15) is 0 Å². The van der Waals surface area contributed by atoms with E-state index in [2.05, 4.69) is 4.90 Å². The van der Waals surface area contributed by atoms with Gasteiger partial charge in [-0.15, -0.1) is 0 Å². The normalized spacial score (nSPS) is 14.8. The van der Waals surface area contributed by atoms with Crippen LogP contribution in [0.25, 0.3) is 0 Å². The number of hydrogen-bond donors (Lipinski definition) is 1. The van der Waals surface area contributed by atoms with Gasteiger partial charge < -0.3 is 10.0 Å². The summed E-state index contributed by atoms with van der Waals surface area (Å²) in [5, 5.41) is 9.07. The van der Waals surface area contributed by atoms with Gasteiger partial charge in [0.05, 0.1) is 17.0 Å². The highest BCUT2D eigenvalue weighted by molar-refractivity contribution is 7.92. The Kier molecular flexibility index (Phi) is 5.64. The minimum atomic E-state index is -3.40. The summed E-state index contributed by atoms with van der Waals surface area (Å²) in [5.74, 6) is -0.913. The molecule has 0 radical (unpaired) electrons. The second-order valence-corrected chi connectivity index (χ2v) is 7.68. The molecule has 1 aromatic carbocycles.